The highest BCUT2D eigenvalue weighted by Crippen LogP contribution is 2.30. The molecule has 2 aromatic heterocycles. The number of carbonyl (C=O) groups is 1. The Bertz CT molecular complexity index is 973. The van der Waals surface area contributed by atoms with Crippen molar-refractivity contribution in [2.45, 2.75) is 9.46 Å². The van der Waals surface area contributed by atoms with E-state index in [0.29, 0.717) is 16.1 Å². The van der Waals surface area contributed by atoms with Gasteiger partial charge in [0, 0.05) is 29.5 Å². The summed E-state index contributed by atoms with van der Waals surface area (Å²) in [6, 6.07) is 13.0. The lowest BCUT2D eigenvalue weighted by Crippen LogP contribution is -2.31. The summed E-state index contributed by atoms with van der Waals surface area (Å²) in [7, 11) is -3.65. The summed E-state index contributed by atoms with van der Waals surface area (Å²) in [6.07, 6.45) is 3.08. The van der Waals surface area contributed by atoms with E-state index >= 15 is 0 Å². The maximum Gasteiger partial charge on any atom is 0.251 e. The molecule has 0 unspecified atom stereocenters. The molecule has 1 atom stereocenters. The van der Waals surface area contributed by atoms with Gasteiger partial charge in [0.05, 0.1) is 0 Å². The van der Waals surface area contributed by atoms with Crippen LogP contribution in [0.4, 0.5) is 0 Å². The van der Waals surface area contributed by atoms with Gasteiger partial charge >= 0.3 is 0 Å². The lowest BCUT2D eigenvalue weighted by molar-refractivity contribution is 0.0953. The number of rotatable bonds is 6. The second-order valence-electron chi connectivity index (χ2n) is 5.47. The molecule has 0 fully saturated rings. The van der Waals surface area contributed by atoms with Crippen molar-refractivity contribution in [2.75, 3.05) is 6.54 Å². The number of hydrogen-bond donors (Lipinski definition) is 1. The summed E-state index contributed by atoms with van der Waals surface area (Å²) in [5, 5.41) is 4.01. The molecule has 0 spiro atoms. The molecule has 3 aromatic rings. The summed E-state index contributed by atoms with van der Waals surface area (Å²) in [5.74, 6) is -0.364. The summed E-state index contributed by atoms with van der Waals surface area (Å²) < 4.78 is 26.3. The molecular formula is C18H15ClN2O3S2. The van der Waals surface area contributed by atoms with E-state index in [-0.39, 0.29) is 16.7 Å². The molecule has 1 N–H and O–H groups in total. The number of carbonyl (C=O) groups excluding carboxylic acids is 1. The van der Waals surface area contributed by atoms with Gasteiger partial charge in [0.15, 0.2) is 9.84 Å². The molecular weight excluding hydrogens is 392 g/mol. The van der Waals surface area contributed by atoms with E-state index in [9.17, 15) is 13.2 Å². The van der Waals surface area contributed by atoms with Crippen molar-refractivity contribution in [3.63, 3.8) is 0 Å². The number of benzene rings is 1. The van der Waals surface area contributed by atoms with Gasteiger partial charge in [0.1, 0.15) is 9.46 Å². The third kappa shape index (κ3) is 4.12. The monoisotopic (exact) mass is 406 g/mol. The molecule has 0 aliphatic heterocycles. The van der Waals surface area contributed by atoms with Crippen molar-refractivity contribution in [3.8, 4) is 0 Å². The SMILES string of the molecule is O=C(NC[C@H](c1cccnc1)S(=O)(=O)c1cccs1)c1ccc(Cl)cc1. The van der Waals surface area contributed by atoms with Gasteiger partial charge in [-0.15, -0.1) is 11.3 Å². The fourth-order valence-corrected chi connectivity index (χ4v) is 5.40. The zero-order chi connectivity index (χ0) is 18.6. The fraction of sp³-hybridized carbons (Fsp3) is 0.111. The zero-order valence-electron chi connectivity index (χ0n) is 13.5. The van der Waals surface area contributed by atoms with Crippen LogP contribution in [0, 0.1) is 0 Å². The number of thiophene rings is 1. The quantitative estimate of drug-likeness (QED) is 0.676. The number of halogens is 1. The van der Waals surface area contributed by atoms with Gasteiger partial charge in [0.25, 0.3) is 5.91 Å². The highest BCUT2D eigenvalue weighted by molar-refractivity contribution is 7.93. The van der Waals surface area contributed by atoms with Crippen LogP contribution in [-0.4, -0.2) is 25.9 Å². The van der Waals surface area contributed by atoms with Crippen LogP contribution in [0.2, 0.25) is 5.02 Å². The maximum absolute atomic E-state index is 13.0. The number of sulfone groups is 1. The van der Waals surface area contributed by atoms with Crippen LogP contribution in [0.25, 0.3) is 0 Å². The van der Waals surface area contributed by atoms with Crippen LogP contribution in [0.15, 0.2) is 70.5 Å². The Kier molecular flexibility index (Phi) is 5.70. The lowest BCUT2D eigenvalue weighted by Gasteiger charge is -2.18. The second-order valence-corrected chi connectivity index (χ2v) is 9.21. The first-order valence-electron chi connectivity index (χ1n) is 7.69. The molecule has 8 heteroatoms. The molecule has 0 aliphatic carbocycles. The first kappa shape index (κ1) is 18.6. The van der Waals surface area contributed by atoms with E-state index in [0.717, 1.165) is 11.3 Å². The van der Waals surface area contributed by atoms with Crippen molar-refractivity contribution in [3.05, 3.63) is 82.5 Å². The van der Waals surface area contributed by atoms with Crippen LogP contribution in [0.3, 0.4) is 0 Å². The Hall–Kier alpha value is -2.22. The van der Waals surface area contributed by atoms with E-state index in [1.54, 1.807) is 60.1 Å². The standard InChI is InChI=1S/C18H15ClN2O3S2/c19-15-7-5-13(6-8-15)18(22)21-12-16(14-3-1-9-20-11-14)26(23,24)17-4-2-10-25-17/h1-11,16H,12H2,(H,21,22)/t16-/m1/s1. The van der Waals surface area contributed by atoms with Crippen molar-refractivity contribution < 1.29 is 13.2 Å². The highest BCUT2D eigenvalue weighted by Gasteiger charge is 2.30. The third-order valence-corrected chi connectivity index (χ3v) is 7.54. The van der Waals surface area contributed by atoms with Crippen molar-refractivity contribution in [1.29, 1.82) is 0 Å². The van der Waals surface area contributed by atoms with E-state index in [2.05, 4.69) is 10.3 Å². The van der Waals surface area contributed by atoms with Crippen molar-refractivity contribution in [2.24, 2.45) is 0 Å². The number of aromatic nitrogens is 1. The van der Waals surface area contributed by atoms with Crippen LogP contribution < -0.4 is 5.32 Å². The van der Waals surface area contributed by atoms with E-state index in [1.807, 2.05) is 0 Å². The fourth-order valence-electron chi connectivity index (χ4n) is 2.43. The van der Waals surface area contributed by atoms with E-state index < -0.39 is 15.1 Å². The summed E-state index contributed by atoms with van der Waals surface area (Å²) in [6.45, 7) is -0.0621. The second kappa shape index (κ2) is 7.99. The van der Waals surface area contributed by atoms with Crippen molar-refractivity contribution >= 4 is 38.7 Å². The molecule has 0 aliphatic rings. The molecule has 5 nitrogen and oxygen atoms in total. The molecule has 3 rings (SSSR count). The molecule has 26 heavy (non-hydrogen) atoms. The Balaban J connectivity index is 1.85. The predicted octanol–water partition coefficient (Wildman–Crippen LogP) is 3.74. The molecule has 134 valence electrons. The van der Waals surface area contributed by atoms with Crippen LogP contribution in [-0.2, 0) is 9.84 Å². The average molecular weight is 407 g/mol. The normalized spacial score (nSPS) is 12.5. The van der Waals surface area contributed by atoms with Gasteiger partial charge in [-0.2, -0.15) is 0 Å². The van der Waals surface area contributed by atoms with Gasteiger partial charge in [-0.05, 0) is 47.3 Å². The summed E-state index contributed by atoms with van der Waals surface area (Å²) >= 11 is 6.97. The average Bonchev–Trinajstić information content (AvgIpc) is 3.18. The third-order valence-electron chi connectivity index (χ3n) is 3.76. The lowest BCUT2D eigenvalue weighted by atomic mass is 10.2. The Morgan fingerprint density at radius 3 is 2.54 bits per heavy atom. The molecule has 0 bridgehead atoms. The highest BCUT2D eigenvalue weighted by atomic mass is 35.5. The molecule has 1 amide bonds. The van der Waals surface area contributed by atoms with Gasteiger partial charge < -0.3 is 5.32 Å². The van der Waals surface area contributed by atoms with E-state index in [1.165, 1.54) is 6.20 Å². The predicted molar refractivity (Wildman–Crippen MR) is 102 cm³/mol. The van der Waals surface area contributed by atoms with Gasteiger partial charge in [-0.1, -0.05) is 23.7 Å². The number of hydrogen-bond acceptors (Lipinski definition) is 5. The van der Waals surface area contributed by atoms with E-state index in [4.69, 9.17) is 11.6 Å². The van der Waals surface area contributed by atoms with Crippen LogP contribution in [0.1, 0.15) is 21.2 Å². The van der Waals surface area contributed by atoms with Gasteiger partial charge in [-0.3, -0.25) is 9.78 Å². The van der Waals surface area contributed by atoms with Crippen molar-refractivity contribution in [1.82, 2.24) is 10.3 Å². The molecule has 0 saturated carbocycles. The summed E-state index contributed by atoms with van der Waals surface area (Å²) in [5.41, 5.74) is 0.935. The van der Waals surface area contributed by atoms with Crippen LogP contribution >= 0.6 is 22.9 Å². The summed E-state index contributed by atoms with van der Waals surface area (Å²) in [4.78, 5) is 16.4. The minimum absolute atomic E-state index is 0.0621. The number of pyridine rings is 1. The first-order chi connectivity index (χ1) is 12.5. The molecule has 2 heterocycles. The topological polar surface area (TPSA) is 76.1 Å². The Morgan fingerprint density at radius 2 is 1.92 bits per heavy atom. The Morgan fingerprint density at radius 1 is 1.15 bits per heavy atom. The number of nitrogens with zero attached hydrogens (tertiary/aromatic N) is 1. The Labute approximate surface area is 160 Å². The van der Waals surface area contributed by atoms with Gasteiger partial charge in [0.2, 0.25) is 0 Å². The smallest absolute Gasteiger partial charge is 0.251 e. The maximum atomic E-state index is 13.0. The number of amides is 1. The molecule has 0 saturated heterocycles. The molecule has 0 radical (unpaired) electrons. The minimum Gasteiger partial charge on any atom is -0.350 e. The number of nitrogens with one attached hydrogen (secondary N) is 1. The first-order valence-corrected chi connectivity index (χ1v) is 10.5. The largest absolute Gasteiger partial charge is 0.350 e. The van der Waals surface area contributed by atoms with Gasteiger partial charge in [-0.25, -0.2) is 8.42 Å². The molecule has 1 aromatic carbocycles. The van der Waals surface area contributed by atoms with Crippen LogP contribution in [0.5, 0.6) is 0 Å². The zero-order valence-corrected chi connectivity index (χ0v) is 15.9. The minimum atomic E-state index is -3.65.